The van der Waals surface area contributed by atoms with Gasteiger partial charge in [0.05, 0.1) is 12.6 Å². The molecule has 1 aromatic heterocycles. The number of likely N-dealkylation sites (tertiary alicyclic amines) is 1. The number of hydrogen-bond donors (Lipinski definition) is 3. The molecule has 3 aromatic rings. The van der Waals surface area contributed by atoms with E-state index in [4.69, 9.17) is 21.3 Å². The van der Waals surface area contributed by atoms with Crippen molar-refractivity contribution in [3.05, 3.63) is 71.8 Å². The van der Waals surface area contributed by atoms with Crippen molar-refractivity contribution in [2.45, 2.75) is 37.3 Å². The average Bonchev–Trinajstić information content (AvgIpc) is 3.57. The summed E-state index contributed by atoms with van der Waals surface area (Å²) >= 11 is 0. The van der Waals surface area contributed by atoms with Gasteiger partial charge in [-0.15, -0.1) is 0 Å². The number of hydrogen-bond acceptors (Lipinski definition) is 6. The molecule has 1 unspecified atom stereocenters. The Bertz CT molecular complexity index is 1420. The lowest BCUT2D eigenvalue weighted by molar-refractivity contribution is -0.131. The van der Waals surface area contributed by atoms with Gasteiger partial charge in [0.15, 0.2) is 11.6 Å². The van der Waals surface area contributed by atoms with Gasteiger partial charge < -0.3 is 26.2 Å². The first kappa shape index (κ1) is 25.4. The number of rotatable bonds is 7. The third-order valence-corrected chi connectivity index (χ3v) is 7.16. The van der Waals surface area contributed by atoms with Crippen molar-refractivity contribution >= 4 is 17.6 Å². The minimum atomic E-state index is -0.837. The first-order chi connectivity index (χ1) is 18.2. The highest BCUT2D eigenvalue weighted by atomic mass is 19.1. The van der Waals surface area contributed by atoms with Crippen molar-refractivity contribution < 1.29 is 28.2 Å². The highest BCUT2D eigenvalue weighted by Gasteiger charge is 2.52. The first-order valence-corrected chi connectivity index (χ1v) is 12.2. The lowest BCUT2D eigenvalue weighted by Crippen LogP contribution is -2.48. The predicted molar refractivity (Wildman–Crippen MR) is 135 cm³/mol. The van der Waals surface area contributed by atoms with E-state index < -0.39 is 17.5 Å². The molecule has 2 aliphatic rings. The fourth-order valence-corrected chi connectivity index (χ4v) is 5.03. The number of benzene rings is 2. The minimum absolute atomic E-state index is 0.0630. The Hall–Kier alpha value is -4.25. The molecular formula is C27H27F2N5O4. The van der Waals surface area contributed by atoms with E-state index in [2.05, 4.69) is 5.10 Å². The van der Waals surface area contributed by atoms with Gasteiger partial charge in [0, 0.05) is 29.8 Å². The Morgan fingerprint density at radius 2 is 1.89 bits per heavy atom. The zero-order chi connectivity index (χ0) is 27.0. The molecule has 1 saturated heterocycles. The molecule has 1 aliphatic heterocycles. The molecule has 5 rings (SSSR count). The number of primary amides is 1. The summed E-state index contributed by atoms with van der Waals surface area (Å²) in [4.78, 5) is 27.0. The van der Waals surface area contributed by atoms with E-state index in [1.165, 1.54) is 18.2 Å². The first-order valence-electron chi connectivity index (χ1n) is 12.2. The summed E-state index contributed by atoms with van der Waals surface area (Å²) in [7, 11) is 0. The molecule has 5 N–H and O–H groups in total. The average molecular weight is 524 g/mol. The third kappa shape index (κ3) is 4.72. The molecule has 1 spiro atoms. The van der Waals surface area contributed by atoms with Gasteiger partial charge in [0.1, 0.15) is 28.6 Å². The van der Waals surface area contributed by atoms with Gasteiger partial charge in [-0.05, 0) is 62.1 Å². The lowest BCUT2D eigenvalue weighted by Gasteiger charge is -2.40. The van der Waals surface area contributed by atoms with Gasteiger partial charge in [-0.1, -0.05) is 6.08 Å². The zero-order valence-corrected chi connectivity index (χ0v) is 20.4. The molecule has 1 aliphatic carbocycles. The molecule has 2 aromatic carbocycles. The van der Waals surface area contributed by atoms with Crippen molar-refractivity contribution in [2.24, 2.45) is 5.73 Å². The molecule has 11 heteroatoms. The number of ether oxygens (including phenoxy) is 1. The summed E-state index contributed by atoms with van der Waals surface area (Å²) in [6, 6.07) is 9.11. The molecule has 9 nitrogen and oxygen atoms in total. The van der Waals surface area contributed by atoms with Crippen LogP contribution in [0.3, 0.4) is 0 Å². The van der Waals surface area contributed by atoms with Crippen LogP contribution in [0.1, 0.15) is 42.1 Å². The van der Waals surface area contributed by atoms with Crippen molar-refractivity contribution in [3.63, 3.8) is 0 Å². The maximum Gasteiger partial charge on any atom is 0.254 e. The predicted octanol–water partition coefficient (Wildman–Crippen LogP) is 3.55. The number of anilines is 1. The standard InChI is InChI=1S/C27H27F2N5O4/c28-17-5-8-21(20(29)14-17)38-19-6-3-16(4-7-19)24-23(26(31)37)25(30)34(32-24)18-9-10-27(11-12-27)33(15-18)22(36)2-1-13-35/h1-8,14,18,35H,9-13,15,30H2,(H2,31,37)/b2-1+. The van der Waals surface area contributed by atoms with Gasteiger partial charge in [0.25, 0.3) is 5.91 Å². The number of piperidine rings is 1. The van der Waals surface area contributed by atoms with Gasteiger partial charge in [-0.3, -0.25) is 9.59 Å². The summed E-state index contributed by atoms with van der Waals surface area (Å²) in [5, 5.41) is 13.7. The molecule has 198 valence electrons. The van der Waals surface area contributed by atoms with Crippen molar-refractivity contribution in [2.75, 3.05) is 18.9 Å². The molecule has 2 amide bonds. The van der Waals surface area contributed by atoms with Crippen LogP contribution in [0.25, 0.3) is 11.3 Å². The number of carbonyl (C=O) groups excluding carboxylic acids is 2. The Morgan fingerprint density at radius 1 is 1.16 bits per heavy atom. The van der Waals surface area contributed by atoms with E-state index in [0.29, 0.717) is 24.3 Å². The Morgan fingerprint density at radius 3 is 2.53 bits per heavy atom. The molecule has 1 atom stereocenters. The summed E-state index contributed by atoms with van der Waals surface area (Å²) in [6.45, 7) is 0.129. The molecule has 38 heavy (non-hydrogen) atoms. The van der Waals surface area contributed by atoms with E-state index in [1.807, 2.05) is 0 Å². The van der Waals surface area contributed by atoms with Gasteiger partial charge in [-0.25, -0.2) is 13.5 Å². The number of aromatic nitrogens is 2. The van der Waals surface area contributed by atoms with E-state index in [9.17, 15) is 18.4 Å². The largest absolute Gasteiger partial charge is 0.454 e. The lowest BCUT2D eigenvalue weighted by atomic mass is 9.96. The van der Waals surface area contributed by atoms with Crippen molar-refractivity contribution in [1.29, 1.82) is 0 Å². The van der Waals surface area contributed by atoms with E-state index in [1.54, 1.807) is 33.8 Å². The molecular weight excluding hydrogens is 496 g/mol. The summed E-state index contributed by atoms with van der Waals surface area (Å²) < 4.78 is 34.2. The van der Waals surface area contributed by atoms with Crippen LogP contribution in [-0.2, 0) is 4.79 Å². The summed E-state index contributed by atoms with van der Waals surface area (Å²) in [6.07, 6.45) is 6.10. The Kier molecular flexibility index (Phi) is 6.62. The molecule has 0 radical (unpaired) electrons. The number of nitrogens with two attached hydrogens (primary N) is 2. The van der Waals surface area contributed by atoms with Crippen LogP contribution in [0.15, 0.2) is 54.6 Å². The van der Waals surface area contributed by atoms with Gasteiger partial charge >= 0.3 is 0 Å². The third-order valence-electron chi connectivity index (χ3n) is 7.16. The SMILES string of the molecule is NC(=O)c1c(-c2ccc(Oc3ccc(F)cc3F)cc2)nn(C2CCC3(CC3)N(C(=O)/C=C/CO)C2)c1N. The highest BCUT2D eigenvalue weighted by molar-refractivity contribution is 6.03. The fraction of sp³-hybridized carbons (Fsp3) is 0.296. The molecule has 2 heterocycles. The van der Waals surface area contributed by atoms with E-state index in [-0.39, 0.29) is 46.9 Å². The maximum atomic E-state index is 14.0. The molecule has 0 bridgehead atoms. The second kappa shape index (κ2) is 9.90. The highest BCUT2D eigenvalue weighted by Crippen LogP contribution is 2.50. The number of amides is 2. The normalized spacial score (nSPS) is 18.2. The number of aliphatic hydroxyl groups is 1. The smallest absolute Gasteiger partial charge is 0.254 e. The minimum Gasteiger partial charge on any atom is -0.454 e. The topological polar surface area (TPSA) is 137 Å². The summed E-state index contributed by atoms with van der Waals surface area (Å²) in [5.41, 5.74) is 12.7. The van der Waals surface area contributed by atoms with E-state index >= 15 is 0 Å². The van der Waals surface area contributed by atoms with Gasteiger partial charge in [-0.2, -0.15) is 5.10 Å². The number of aliphatic hydroxyl groups excluding tert-OH is 1. The van der Waals surface area contributed by atoms with Crippen LogP contribution in [0.4, 0.5) is 14.6 Å². The van der Waals surface area contributed by atoms with Crippen LogP contribution >= 0.6 is 0 Å². The van der Waals surface area contributed by atoms with Crippen LogP contribution in [0.5, 0.6) is 11.5 Å². The van der Waals surface area contributed by atoms with Crippen molar-refractivity contribution in [1.82, 2.24) is 14.7 Å². The maximum absolute atomic E-state index is 14.0. The molecule has 1 saturated carbocycles. The van der Waals surface area contributed by atoms with Crippen LogP contribution in [0.2, 0.25) is 0 Å². The number of nitrogens with zero attached hydrogens (tertiary/aromatic N) is 3. The summed E-state index contributed by atoms with van der Waals surface area (Å²) in [5.74, 6) is -2.21. The number of nitrogen functional groups attached to an aromatic ring is 1. The number of carbonyl (C=O) groups is 2. The Labute approximate surface area is 217 Å². The number of halogens is 2. The second-order valence-electron chi connectivity index (χ2n) is 9.57. The van der Waals surface area contributed by atoms with E-state index in [0.717, 1.165) is 31.4 Å². The van der Waals surface area contributed by atoms with Crippen LogP contribution < -0.4 is 16.2 Å². The van der Waals surface area contributed by atoms with Crippen LogP contribution in [0, 0.1) is 11.6 Å². The Balaban J connectivity index is 1.42. The van der Waals surface area contributed by atoms with Gasteiger partial charge in [0.2, 0.25) is 5.91 Å². The monoisotopic (exact) mass is 523 g/mol. The molecule has 2 fully saturated rings. The van der Waals surface area contributed by atoms with Crippen molar-refractivity contribution in [3.8, 4) is 22.8 Å². The second-order valence-corrected chi connectivity index (χ2v) is 9.57. The quantitative estimate of drug-likeness (QED) is 0.405. The zero-order valence-electron chi connectivity index (χ0n) is 20.4. The van der Waals surface area contributed by atoms with Crippen LogP contribution in [-0.4, -0.2) is 50.3 Å². The fourth-order valence-electron chi connectivity index (χ4n) is 5.03.